The molecule has 0 radical (unpaired) electrons. The van der Waals surface area contributed by atoms with Crippen LogP contribution in [0.5, 0.6) is 0 Å². The van der Waals surface area contributed by atoms with Crippen molar-refractivity contribution >= 4 is 11.6 Å². The van der Waals surface area contributed by atoms with Crippen molar-refractivity contribution < 1.29 is 0 Å². The summed E-state index contributed by atoms with van der Waals surface area (Å²) in [7, 11) is 0. The zero-order chi connectivity index (χ0) is 14.7. The van der Waals surface area contributed by atoms with Crippen molar-refractivity contribution in [3.63, 3.8) is 0 Å². The van der Waals surface area contributed by atoms with Gasteiger partial charge in [-0.15, -0.1) is 0 Å². The van der Waals surface area contributed by atoms with Gasteiger partial charge >= 0.3 is 0 Å². The van der Waals surface area contributed by atoms with Crippen molar-refractivity contribution in [3.05, 3.63) is 34.9 Å². The fraction of sp³-hybridized carbons (Fsp3) is 0.667. The van der Waals surface area contributed by atoms with E-state index < -0.39 is 0 Å². The minimum absolute atomic E-state index is 0.434. The van der Waals surface area contributed by atoms with Gasteiger partial charge in [0.15, 0.2) is 0 Å². The third kappa shape index (κ3) is 4.21. The summed E-state index contributed by atoms with van der Waals surface area (Å²) in [6.45, 7) is 3.43. The van der Waals surface area contributed by atoms with Gasteiger partial charge in [-0.1, -0.05) is 36.6 Å². The SMILES string of the molecule is NC(CC1CCN(Cc2cccc(Cl)c2)C1)C1CCCC1. The van der Waals surface area contributed by atoms with Gasteiger partial charge in [0.1, 0.15) is 0 Å². The first kappa shape index (κ1) is 15.3. The lowest BCUT2D eigenvalue weighted by atomic mass is 9.89. The smallest absolute Gasteiger partial charge is 0.0409 e. The lowest BCUT2D eigenvalue weighted by molar-refractivity contribution is 0.295. The molecule has 1 aromatic carbocycles. The molecular formula is C18H27ClN2. The zero-order valence-corrected chi connectivity index (χ0v) is 13.6. The molecule has 1 saturated carbocycles. The Morgan fingerprint density at radius 1 is 1.24 bits per heavy atom. The third-order valence-corrected chi connectivity index (χ3v) is 5.51. The highest BCUT2D eigenvalue weighted by Gasteiger charge is 2.28. The van der Waals surface area contributed by atoms with E-state index in [9.17, 15) is 0 Å². The number of halogens is 1. The van der Waals surface area contributed by atoms with E-state index in [4.69, 9.17) is 17.3 Å². The fourth-order valence-corrected chi connectivity index (χ4v) is 4.32. The number of nitrogens with zero attached hydrogens (tertiary/aromatic N) is 1. The largest absolute Gasteiger partial charge is 0.327 e. The highest BCUT2D eigenvalue weighted by atomic mass is 35.5. The number of hydrogen-bond donors (Lipinski definition) is 1. The van der Waals surface area contributed by atoms with Gasteiger partial charge in [-0.2, -0.15) is 0 Å². The zero-order valence-electron chi connectivity index (χ0n) is 12.8. The highest BCUT2D eigenvalue weighted by molar-refractivity contribution is 6.30. The summed E-state index contributed by atoms with van der Waals surface area (Å²) in [6.07, 6.45) is 8.03. The molecule has 1 aromatic rings. The van der Waals surface area contributed by atoms with Crippen LogP contribution in [0.15, 0.2) is 24.3 Å². The Kier molecular flexibility index (Phi) is 5.20. The summed E-state index contributed by atoms with van der Waals surface area (Å²) in [5.74, 6) is 1.59. The van der Waals surface area contributed by atoms with Crippen LogP contribution >= 0.6 is 11.6 Å². The van der Waals surface area contributed by atoms with Gasteiger partial charge in [0.05, 0.1) is 0 Å². The molecule has 2 unspecified atom stereocenters. The Labute approximate surface area is 133 Å². The van der Waals surface area contributed by atoms with Gasteiger partial charge in [0.2, 0.25) is 0 Å². The number of nitrogens with two attached hydrogens (primary N) is 1. The van der Waals surface area contributed by atoms with Crippen molar-refractivity contribution in [1.82, 2.24) is 4.90 Å². The van der Waals surface area contributed by atoms with Crippen LogP contribution in [0.25, 0.3) is 0 Å². The van der Waals surface area contributed by atoms with Crippen molar-refractivity contribution in [2.24, 2.45) is 17.6 Å². The van der Waals surface area contributed by atoms with Crippen molar-refractivity contribution in [3.8, 4) is 0 Å². The summed E-state index contributed by atoms with van der Waals surface area (Å²) in [4.78, 5) is 2.55. The molecule has 2 fully saturated rings. The van der Waals surface area contributed by atoms with Crippen molar-refractivity contribution in [1.29, 1.82) is 0 Å². The Balaban J connectivity index is 1.46. The first-order valence-corrected chi connectivity index (χ1v) is 8.81. The summed E-state index contributed by atoms with van der Waals surface area (Å²) in [6, 6.07) is 8.67. The Bertz CT molecular complexity index is 456. The molecule has 1 heterocycles. The van der Waals surface area contributed by atoms with E-state index in [0.29, 0.717) is 6.04 Å². The van der Waals surface area contributed by atoms with E-state index in [1.807, 2.05) is 12.1 Å². The van der Waals surface area contributed by atoms with Crippen LogP contribution in [0.4, 0.5) is 0 Å². The predicted molar refractivity (Wildman–Crippen MR) is 89.4 cm³/mol. The quantitative estimate of drug-likeness (QED) is 0.888. The first-order valence-electron chi connectivity index (χ1n) is 8.43. The second-order valence-corrected chi connectivity index (χ2v) is 7.40. The number of benzene rings is 1. The molecule has 1 aliphatic carbocycles. The second-order valence-electron chi connectivity index (χ2n) is 6.96. The molecule has 2 atom stereocenters. The Morgan fingerprint density at radius 2 is 2.05 bits per heavy atom. The van der Waals surface area contributed by atoms with E-state index in [-0.39, 0.29) is 0 Å². The standard InChI is InChI=1S/C18H27ClN2/c19-17-7-3-4-14(10-17)12-21-9-8-15(13-21)11-18(20)16-5-1-2-6-16/h3-4,7,10,15-16,18H,1-2,5-6,8-9,11-13,20H2. The second kappa shape index (κ2) is 7.13. The van der Waals surface area contributed by atoms with Crippen molar-refractivity contribution in [2.75, 3.05) is 13.1 Å². The third-order valence-electron chi connectivity index (χ3n) is 5.28. The van der Waals surface area contributed by atoms with Crippen LogP contribution in [-0.2, 0) is 6.54 Å². The minimum atomic E-state index is 0.434. The fourth-order valence-electron chi connectivity index (χ4n) is 4.11. The number of hydrogen-bond acceptors (Lipinski definition) is 2. The molecule has 2 N–H and O–H groups in total. The topological polar surface area (TPSA) is 29.3 Å². The van der Waals surface area contributed by atoms with Gasteiger partial charge < -0.3 is 5.73 Å². The maximum absolute atomic E-state index is 6.44. The molecular weight excluding hydrogens is 280 g/mol. The highest BCUT2D eigenvalue weighted by Crippen LogP contribution is 2.31. The maximum atomic E-state index is 6.44. The van der Waals surface area contributed by atoms with E-state index in [2.05, 4.69) is 17.0 Å². The van der Waals surface area contributed by atoms with Gasteiger partial charge in [-0.3, -0.25) is 4.90 Å². The summed E-state index contributed by atoms with van der Waals surface area (Å²) >= 11 is 6.07. The van der Waals surface area contributed by atoms with Gasteiger partial charge in [-0.05, 0) is 61.8 Å². The van der Waals surface area contributed by atoms with Crippen LogP contribution < -0.4 is 5.73 Å². The molecule has 2 aliphatic rings. The van der Waals surface area contributed by atoms with E-state index in [1.165, 1.54) is 57.2 Å². The molecule has 2 nitrogen and oxygen atoms in total. The van der Waals surface area contributed by atoms with Gasteiger partial charge in [-0.25, -0.2) is 0 Å². The van der Waals surface area contributed by atoms with Crippen LogP contribution in [0.1, 0.15) is 44.1 Å². The monoisotopic (exact) mass is 306 g/mol. The normalized spacial score (nSPS) is 25.5. The molecule has 0 amide bonds. The summed E-state index contributed by atoms with van der Waals surface area (Å²) < 4.78 is 0. The van der Waals surface area contributed by atoms with E-state index >= 15 is 0 Å². The van der Waals surface area contributed by atoms with Crippen LogP contribution in [0.2, 0.25) is 5.02 Å². The average molecular weight is 307 g/mol. The average Bonchev–Trinajstić information content (AvgIpc) is 3.10. The summed E-state index contributed by atoms with van der Waals surface area (Å²) in [5, 5.41) is 0.839. The molecule has 0 bridgehead atoms. The number of rotatable bonds is 5. The van der Waals surface area contributed by atoms with E-state index in [0.717, 1.165) is 23.4 Å². The molecule has 1 aliphatic heterocycles. The van der Waals surface area contributed by atoms with Crippen LogP contribution in [-0.4, -0.2) is 24.0 Å². The molecule has 116 valence electrons. The molecule has 21 heavy (non-hydrogen) atoms. The maximum Gasteiger partial charge on any atom is 0.0409 e. The van der Waals surface area contributed by atoms with Crippen LogP contribution in [0.3, 0.4) is 0 Å². The predicted octanol–water partition coefficient (Wildman–Crippen LogP) is 4.07. The Morgan fingerprint density at radius 3 is 2.81 bits per heavy atom. The lowest BCUT2D eigenvalue weighted by Gasteiger charge is -2.22. The minimum Gasteiger partial charge on any atom is -0.327 e. The van der Waals surface area contributed by atoms with Gasteiger partial charge in [0, 0.05) is 24.2 Å². The molecule has 1 saturated heterocycles. The molecule has 0 spiro atoms. The lowest BCUT2D eigenvalue weighted by Crippen LogP contribution is -2.31. The molecule has 0 aromatic heterocycles. The Hall–Kier alpha value is -0.570. The molecule has 3 heteroatoms. The summed E-state index contributed by atoms with van der Waals surface area (Å²) in [5.41, 5.74) is 7.76. The van der Waals surface area contributed by atoms with Crippen molar-refractivity contribution in [2.45, 2.75) is 51.1 Å². The first-order chi connectivity index (χ1) is 10.2. The van der Waals surface area contributed by atoms with Crippen LogP contribution in [0, 0.1) is 11.8 Å². The molecule has 3 rings (SSSR count). The van der Waals surface area contributed by atoms with Gasteiger partial charge in [0.25, 0.3) is 0 Å². The number of likely N-dealkylation sites (tertiary alicyclic amines) is 1. The van der Waals surface area contributed by atoms with E-state index in [1.54, 1.807) is 0 Å².